The minimum atomic E-state index is -0.732. The molecule has 1 fully saturated rings. The van der Waals surface area contributed by atoms with Crippen molar-refractivity contribution >= 4 is 17.4 Å². The zero-order valence-corrected chi connectivity index (χ0v) is 20.7. The maximum absolute atomic E-state index is 13.6. The number of nitrogen functional groups attached to an aromatic ring is 1. The van der Waals surface area contributed by atoms with Crippen LogP contribution in [0.15, 0.2) is 42.5 Å². The number of fused-ring (bicyclic) bond motifs is 1. The Labute approximate surface area is 203 Å². The van der Waals surface area contributed by atoms with Crippen LogP contribution in [0.1, 0.15) is 75.2 Å². The highest BCUT2D eigenvalue weighted by Gasteiger charge is 2.35. The lowest BCUT2D eigenvalue weighted by molar-refractivity contribution is -0.126. The molecule has 1 saturated heterocycles. The highest BCUT2D eigenvalue weighted by atomic mass is 16.5. The molecule has 4 rings (SSSR count). The molecule has 0 radical (unpaired) electrons. The first-order chi connectivity index (χ1) is 16.3. The summed E-state index contributed by atoms with van der Waals surface area (Å²) in [7, 11) is 0. The minimum Gasteiger partial charge on any atom is -0.474 e. The zero-order valence-electron chi connectivity index (χ0n) is 20.7. The van der Waals surface area contributed by atoms with Crippen molar-refractivity contribution in [2.75, 3.05) is 18.0 Å². The lowest BCUT2D eigenvalue weighted by Crippen LogP contribution is -2.44. The predicted octanol–water partition coefficient (Wildman–Crippen LogP) is 5.18. The number of piperidine rings is 1. The number of nitrogens with one attached hydrogen (secondary N) is 1. The van der Waals surface area contributed by atoms with Crippen LogP contribution in [0.25, 0.3) is 0 Å². The third-order valence-electron chi connectivity index (χ3n) is 7.31. The summed E-state index contributed by atoms with van der Waals surface area (Å²) in [6, 6.07) is 14.6. The molecule has 2 aromatic carbocycles. The molecule has 0 spiro atoms. The number of nitrogens with zero attached hydrogens (tertiary/aromatic N) is 2. The summed E-state index contributed by atoms with van der Waals surface area (Å²) < 4.78 is 6.17. The number of anilines is 1. The fraction of sp³-hybridized carbons (Fsp3) is 0.500. The van der Waals surface area contributed by atoms with Gasteiger partial charge in [-0.1, -0.05) is 37.1 Å². The van der Waals surface area contributed by atoms with Crippen molar-refractivity contribution in [2.24, 2.45) is 5.73 Å². The molecule has 0 aromatic heterocycles. The fourth-order valence-corrected chi connectivity index (χ4v) is 5.34. The molecule has 2 aromatic rings. The normalized spacial score (nSPS) is 22.9. The van der Waals surface area contributed by atoms with E-state index in [1.807, 2.05) is 42.2 Å². The van der Waals surface area contributed by atoms with Gasteiger partial charge in [0.15, 0.2) is 0 Å². The number of nitrogens with two attached hydrogens (primary N) is 1. The van der Waals surface area contributed by atoms with Gasteiger partial charge in [-0.15, -0.1) is 0 Å². The second kappa shape index (κ2) is 10.6. The van der Waals surface area contributed by atoms with E-state index < -0.39 is 6.10 Å². The Morgan fingerprint density at radius 3 is 2.53 bits per heavy atom. The van der Waals surface area contributed by atoms with E-state index in [-0.39, 0.29) is 11.7 Å². The average molecular weight is 463 g/mol. The third-order valence-corrected chi connectivity index (χ3v) is 7.31. The zero-order chi connectivity index (χ0) is 24.2. The highest BCUT2D eigenvalue weighted by Crippen LogP contribution is 2.39. The quantitative estimate of drug-likeness (QED) is 0.322. The molecule has 34 heavy (non-hydrogen) atoms. The van der Waals surface area contributed by atoms with Gasteiger partial charge in [-0.3, -0.25) is 15.1 Å². The van der Waals surface area contributed by atoms with Crippen LogP contribution < -0.4 is 15.4 Å². The number of benzene rings is 2. The molecular weight excluding hydrogens is 424 g/mol. The predicted molar refractivity (Wildman–Crippen MR) is 138 cm³/mol. The van der Waals surface area contributed by atoms with Gasteiger partial charge in [0.25, 0.3) is 5.91 Å². The molecule has 182 valence electrons. The maximum atomic E-state index is 13.6. The second-order valence-corrected chi connectivity index (χ2v) is 9.93. The number of rotatable bonds is 8. The molecule has 0 bridgehead atoms. The molecule has 3 atom stereocenters. The number of amides is 1. The van der Waals surface area contributed by atoms with E-state index in [9.17, 15) is 4.79 Å². The summed E-state index contributed by atoms with van der Waals surface area (Å²) in [6.07, 6.45) is 6.40. The van der Waals surface area contributed by atoms with E-state index in [4.69, 9.17) is 15.9 Å². The topological polar surface area (TPSA) is 82.7 Å². The number of amidine groups is 1. The SMILES string of the molecule is Cc1ccc2c(c1)N(CCCCCN1[C@H](C)CCC[C@@H]1C)C(=O)C(c1cccc(C(=N)N)c1)O2. The summed E-state index contributed by atoms with van der Waals surface area (Å²) in [6.45, 7) is 8.54. The monoisotopic (exact) mass is 462 g/mol. The van der Waals surface area contributed by atoms with Crippen LogP contribution >= 0.6 is 0 Å². The molecular formula is C28H38N4O2. The van der Waals surface area contributed by atoms with Crippen molar-refractivity contribution in [1.82, 2.24) is 4.90 Å². The van der Waals surface area contributed by atoms with Crippen molar-refractivity contribution in [2.45, 2.75) is 77.5 Å². The molecule has 3 N–H and O–H groups in total. The Morgan fingerprint density at radius 2 is 1.79 bits per heavy atom. The molecule has 6 heteroatoms. The van der Waals surface area contributed by atoms with Gasteiger partial charge in [0.2, 0.25) is 6.10 Å². The number of hydrogen-bond donors (Lipinski definition) is 2. The summed E-state index contributed by atoms with van der Waals surface area (Å²) in [5.41, 5.74) is 8.95. The summed E-state index contributed by atoms with van der Waals surface area (Å²) >= 11 is 0. The fourth-order valence-electron chi connectivity index (χ4n) is 5.34. The van der Waals surface area contributed by atoms with Gasteiger partial charge in [-0.25, -0.2) is 0 Å². The van der Waals surface area contributed by atoms with Gasteiger partial charge >= 0.3 is 0 Å². The van der Waals surface area contributed by atoms with Crippen LogP contribution in [-0.4, -0.2) is 41.8 Å². The molecule has 0 aliphatic carbocycles. The van der Waals surface area contributed by atoms with E-state index in [1.165, 1.54) is 19.3 Å². The smallest absolute Gasteiger partial charge is 0.272 e. The number of ether oxygens (including phenoxy) is 1. The summed E-state index contributed by atoms with van der Waals surface area (Å²) in [5, 5.41) is 7.74. The highest BCUT2D eigenvalue weighted by molar-refractivity contribution is 6.01. The van der Waals surface area contributed by atoms with Crippen molar-refractivity contribution < 1.29 is 9.53 Å². The number of aryl methyl sites for hydroxylation is 1. The molecule has 6 nitrogen and oxygen atoms in total. The Morgan fingerprint density at radius 1 is 1.06 bits per heavy atom. The van der Waals surface area contributed by atoms with Crippen molar-refractivity contribution in [1.29, 1.82) is 5.41 Å². The van der Waals surface area contributed by atoms with Crippen molar-refractivity contribution in [3.63, 3.8) is 0 Å². The first-order valence-corrected chi connectivity index (χ1v) is 12.6. The van der Waals surface area contributed by atoms with E-state index in [2.05, 4.69) is 18.7 Å². The maximum Gasteiger partial charge on any atom is 0.272 e. The largest absolute Gasteiger partial charge is 0.474 e. The van der Waals surface area contributed by atoms with Crippen LogP contribution in [0, 0.1) is 12.3 Å². The van der Waals surface area contributed by atoms with E-state index >= 15 is 0 Å². The standard InChI is InChI=1S/C28H38N4O2/c1-19-13-14-25-24(17-19)32(16-6-4-5-15-31-20(2)9-7-10-21(31)3)28(33)26(34-25)22-11-8-12-23(18-22)27(29)30/h8,11-14,17-18,20-21,26H,4-7,9-10,15-16H2,1-3H3,(H3,29,30)/t20-,21+,26?. The summed E-state index contributed by atoms with van der Waals surface area (Å²) in [4.78, 5) is 18.1. The summed E-state index contributed by atoms with van der Waals surface area (Å²) in [5.74, 6) is 0.645. The van der Waals surface area contributed by atoms with Gasteiger partial charge in [-0.05, 0) is 76.8 Å². The van der Waals surface area contributed by atoms with Gasteiger partial charge in [0.1, 0.15) is 11.6 Å². The minimum absolute atomic E-state index is 0.0182. The lowest BCUT2D eigenvalue weighted by Gasteiger charge is -2.39. The van der Waals surface area contributed by atoms with E-state index in [0.717, 1.165) is 48.4 Å². The molecule has 2 heterocycles. The number of unbranched alkanes of at least 4 members (excludes halogenated alkanes) is 2. The van der Waals surface area contributed by atoms with Crippen LogP contribution in [0.5, 0.6) is 5.75 Å². The molecule has 2 aliphatic rings. The Bertz CT molecular complexity index is 1030. The second-order valence-electron chi connectivity index (χ2n) is 9.93. The molecule has 2 aliphatic heterocycles. The van der Waals surface area contributed by atoms with Crippen LogP contribution in [0.4, 0.5) is 5.69 Å². The number of likely N-dealkylation sites (tertiary alicyclic amines) is 1. The number of hydrogen-bond acceptors (Lipinski definition) is 4. The van der Waals surface area contributed by atoms with Gasteiger partial charge in [0, 0.05) is 29.8 Å². The lowest BCUT2D eigenvalue weighted by atomic mass is 9.97. The average Bonchev–Trinajstić information content (AvgIpc) is 2.81. The van der Waals surface area contributed by atoms with Crippen molar-refractivity contribution in [3.8, 4) is 5.75 Å². The van der Waals surface area contributed by atoms with Crippen molar-refractivity contribution in [3.05, 3.63) is 59.2 Å². The Balaban J connectivity index is 1.45. The van der Waals surface area contributed by atoms with Crippen LogP contribution in [0.2, 0.25) is 0 Å². The molecule has 1 amide bonds. The van der Waals surface area contributed by atoms with Gasteiger partial charge in [0.05, 0.1) is 5.69 Å². The van der Waals surface area contributed by atoms with Crippen LogP contribution in [-0.2, 0) is 4.79 Å². The Kier molecular flexibility index (Phi) is 7.57. The van der Waals surface area contributed by atoms with Gasteiger partial charge < -0.3 is 15.4 Å². The van der Waals surface area contributed by atoms with E-state index in [0.29, 0.717) is 24.2 Å². The first kappa shape index (κ1) is 24.3. The molecule has 1 unspecified atom stereocenters. The van der Waals surface area contributed by atoms with Crippen LogP contribution in [0.3, 0.4) is 0 Å². The number of carbonyl (C=O) groups excluding carboxylic acids is 1. The van der Waals surface area contributed by atoms with E-state index in [1.54, 1.807) is 12.1 Å². The Hall–Kier alpha value is -2.86. The number of carbonyl (C=O) groups is 1. The molecule has 0 saturated carbocycles. The van der Waals surface area contributed by atoms with Gasteiger partial charge in [-0.2, -0.15) is 0 Å². The third kappa shape index (κ3) is 5.27. The first-order valence-electron chi connectivity index (χ1n) is 12.6.